The van der Waals surface area contributed by atoms with Gasteiger partial charge in [-0.05, 0) is 11.6 Å². The van der Waals surface area contributed by atoms with Crippen LogP contribution >= 0.6 is 0 Å². The molecule has 1 aromatic carbocycles. The van der Waals surface area contributed by atoms with Crippen LogP contribution in [0.3, 0.4) is 0 Å². The van der Waals surface area contributed by atoms with Gasteiger partial charge in [0.15, 0.2) is 0 Å². The van der Waals surface area contributed by atoms with E-state index in [1.807, 2.05) is 5.43 Å². The maximum absolute atomic E-state index is 11.1. The predicted molar refractivity (Wildman–Crippen MR) is 53.8 cm³/mol. The minimum Gasteiger partial charge on any atom is -0.294 e. The quantitative estimate of drug-likeness (QED) is 0.345. The number of nitrogens with one attached hydrogen (secondary N) is 1. The number of sulfonamides is 1. The van der Waals surface area contributed by atoms with Crippen LogP contribution < -0.4 is 16.4 Å². The normalized spacial score (nSPS) is 11.1. The van der Waals surface area contributed by atoms with Crippen molar-refractivity contribution in [2.24, 2.45) is 11.0 Å². The average Bonchev–Trinajstić information content (AvgIpc) is 2.17. The molecule has 0 spiro atoms. The minimum absolute atomic E-state index is 0.0615. The lowest BCUT2D eigenvalue weighted by Crippen LogP contribution is -2.32. The average molecular weight is 229 g/mol. The standard InChI is InChI=1S/C8H11N3O3S/c9-11-8(12)5-6-3-1-2-4-7(6)15(10,13)14/h1-4H,5,9H2,(H,11,12)(H2,10,13,14). The lowest BCUT2D eigenvalue weighted by Gasteiger charge is -2.05. The molecule has 7 heteroatoms. The predicted octanol–water partition coefficient (Wildman–Crippen LogP) is -1.13. The first-order valence-electron chi connectivity index (χ1n) is 4.05. The van der Waals surface area contributed by atoms with E-state index in [1.165, 1.54) is 18.2 Å². The molecule has 6 nitrogen and oxygen atoms in total. The molecule has 0 atom stereocenters. The second kappa shape index (κ2) is 4.39. The van der Waals surface area contributed by atoms with Crippen molar-refractivity contribution in [1.29, 1.82) is 0 Å². The topological polar surface area (TPSA) is 115 Å². The fraction of sp³-hybridized carbons (Fsp3) is 0.125. The molecular weight excluding hydrogens is 218 g/mol. The molecule has 0 aromatic heterocycles. The molecule has 0 aliphatic rings. The first-order chi connectivity index (χ1) is 6.95. The zero-order valence-electron chi connectivity index (χ0n) is 7.80. The fourth-order valence-corrected chi connectivity index (χ4v) is 1.93. The van der Waals surface area contributed by atoms with Crippen LogP contribution in [0.2, 0.25) is 0 Å². The molecule has 1 amide bonds. The van der Waals surface area contributed by atoms with Crippen LogP contribution in [-0.2, 0) is 21.2 Å². The Balaban J connectivity index is 3.13. The maximum atomic E-state index is 11.1. The summed E-state index contributed by atoms with van der Waals surface area (Å²) in [7, 11) is -3.81. The fourth-order valence-electron chi connectivity index (χ4n) is 1.15. The van der Waals surface area contributed by atoms with Crippen LogP contribution in [0.1, 0.15) is 5.56 Å². The molecule has 0 aliphatic carbocycles. The molecule has 0 heterocycles. The van der Waals surface area contributed by atoms with Gasteiger partial charge in [0.1, 0.15) is 0 Å². The van der Waals surface area contributed by atoms with Crippen LogP contribution in [0.4, 0.5) is 0 Å². The number of nitrogens with two attached hydrogens (primary N) is 2. The van der Waals surface area contributed by atoms with E-state index in [2.05, 4.69) is 0 Å². The van der Waals surface area contributed by atoms with E-state index >= 15 is 0 Å². The number of rotatable bonds is 3. The molecule has 15 heavy (non-hydrogen) atoms. The Bertz CT molecular complexity index is 470. The van der Waals surface area contributed by atoms with Crippen LogP contribution in [0.5, 0.6) is 0 Å². The molecule has 0 unspecified atom stereocenters. The van der Waals surface area contributed by atoms with E-state index in [-0.39, 0.29) is 11.3 Å². The van der Waals surface area contributed by atoms with Crippen molar-refractivity contribution >= 4 is 15.9 Å². The largest absolute Gasteiger partial charge is 0.294 e. The van der Waals surface area contributed by atoms with Crippen LogP contribution in [0.25, 0.3) is 0 Å². The first kappa shape index (κ1) is 11.6. The molecule has 82 valence electrons. The van der Waals surface area contributed by atoms with Gasteiger partial charge in [-0.15, -0.1) is 0 Å². The van der Waals surface area contributed by atoms with E-state index in [9.17, 15) is 13.2 Å². The third-order valence-corrected chi connectivity index (χ3v) is 2.80. The molecule has 0 saturated heterocycles. The van der Waals surface area contributed by atoms with Gasteiger partial charge in [0.25, 0.3) is 0 Å². The number of benzene rings is 1. The molecule has 0 radical (unpaired) electrons. The van der Waals surface area contributed by atoms with Crippen LogP contribution in [0.15, 0.2) is 29.2 Å². The Labute approximate surface area is 87.3 Å². The Hall–Kier alpha value is -1.44. The molecule has 0 bridgehead atoms. The summed E-state index contributed by atoms with van der Waals surface area (Å²) in [6.45, 7) is 0. The highest BCUT2D eigenvalue weighted by molar-refractivity contribution is 7.89. The second-order valence-corrected chi connectivity index (χ2v) is 4.43. The number of carbonyl (C=O) groups is 1. The Kier molecular flexibility index (Phi) is 3.40. The highest BCUT2D eigenvalue weighted by Crippen LogP contribution is 2.13. The second-order valence-electron chi connectivity index (χ2n) is 2.90. The molecule has 0 fully saturated rings. The summed E-state index contributed by atoms with van der Waals surface area (Å²) in [5.41, 5.74) is 2.24. The third kappa shape index (κ3) is 3.01. The molecule has 1 aromatic rings. The van der Waals surface area contributed by atoms with Crippen molar-refractivity contribution in [3.05, 3.63) is 29.8 Å². The van der Waals surface area contributed by atoms with Crippen LogP contribution in [-0.4, -0.2) is 14.3 Å². The maximum Gasteiger partial charge on any atom is 0.238 e. The molecule has 5 N–H and O–H groups in total. The lowest BCUT2D eigenvalue weighted by molar-refractivity contribution is -0.120. The van der Waals surface area contributed by atoms with Gasteiger partial charge in [-0.25, -0.2) is 19.4 Å². The van der Waals surface area contributed by atoms with Gasteiger partial charge in [-0.2, -0.15) is 0 Å². The van der Waals surface area contributed by atoms with E-state index in [0.29, 0.717) is 5.56 Å². The summed E-state index contributed by atoms with van der Waals surface area (Å²) in [6.07, 6.45) is -0.122. The van der Waals surface area contributed by atoms with Crippen molar-refractivity contribution in [1.82, 2.24) is 5.43 Å². The smallest absolute Gasteiger partial charge is 0.238 e. The number of amides is 1. The van der Waals surface area contributed by atoms with Gasteiger partial charge in [-0.3, -0.25) is 10.2 Å². The molecule has 1 rings (SSSR count). The zero-order chi connectivity index (χ0) is 11.5. The van der Waals surface area contributed by atoms with Gasteiger partial charge < -0.3 is 0 Å². The van der Waals surface area contributed by atoms with Crippen molar-refractivity contribution in [2.75, 3.05) is 0 Å². The highest BCUT2D eigenvalue weighted by Gasteiger charge is 2.14. The summed E-state index contributed by atoms with van der Waals surface area (Å²) >= 11 is 0. The summed E-state index contributed by atoms with van der Waals surface area (Å²) in [6, 6.07) is 6.00. The van der Waals surface area contributed by atoms with Crippen molar-refractivity contribution < 1.29 is 13.2 Å². The SMILES string of the molecule is NNC(=O)Cc1ccccc1S(N)(=O)=O. The number of primary sulfonamides is 1. The van der Waals surface area contributed by atoms with E-state index in [1.54, 1.807) is 6.07 Å². The Morgan fingerprint density at radius 3 is 2.47 bits per heavy atom. The minimum atomic E-state index is -3.81. The van der Waals surface area contributed by atoms with E-state index in [4.69, 9.17) is 11.0 Å². The molecule has 0 aliphatic heterocycles. The van der Waals surface area contributed by atoms with E-state index in [0.717, 1.165) is 0 Å². The monoisotopic (exact) mass is 229 g/mol. The van der Waals surface area contributed by atoms with Gasteiger partial charge >= 0.3 is 0 Å². The number of carbonyl (C=O) groups excluding carboxylic acids is 1. The van der Waals surface area contributed by atoms with Crippen molar-refractivity contribution in [3.63, 3.8) is 0 Å². The highest BCUT2D eigenvalue weighted by atomic mass is 32.2. The zero-order valence-corrected chi connectivity index (χ0v) is 8.62. The molecular formula is C8H11N3O3S. The van der Waals surface area contributed by atoms with E-state index < -0.39 is 15.9 Å². The first-order valence-corrected chi connectivity index (χ1v) is 5.60. The van der Waals surface area contributed by atoms with Crippen molar-refractivity contribution in [3.8, 4) is 0 Å². The number of hydrogen-bond donors (Lipinski definition) is 3. The summed E-state index contributed by atoms with van der Waals surface area (Å²) in [5.74, 6) is 4.42. The summed E-state index contributed by atoms with van der Waals surface area (Å²) in [4.78, 5) is 10.9. The summed E-state index contributed by atoms with van der Waals surface area (Å²) < 4.78 is 22.3. The molecule has 0 saturated carbocycles. The van der Waals surface area contributed by atoms with Crippen molar-refractivity contribution in [2.45, 2.75) is 11.3 Å². The lowest BCUT2D eigenvalue weighted by atomic mass is 10.1. The van der Waals surface area contributed by atoms with Gasteiger partial charge in [0.05, 0.1) is 11.3 Å². The number of hydrogen-bond acceptors (Lipinski definition) is 4. The van der Waals surface area contributed by atoms with Gasteiger partial charge in [0.2, 0.25) is 15.9 Å². The Morgan fingerprint density at radius 2 is 1.93 bits per heavy atom. The Morgan fingerprint density at radius 1 is 1.33 bits per heavy atom. The summed E-state index contributed by atoms with van der Waals surface area (Å²) in [5, 5.41) is 4.98. The third-order valence-electron chi connectivity index (χ3n) is 1.79. The van der Waals surface area contributed by atoms with Gasteiger partial charge in [0, 0.05) is 0 Å². The van der Waals surface area contributed by atoms with Crippen LogP contribution in [0, 0.1) is 0 Å². The number of hydrazine groups is 1. The van der Waals surface area contributed by atoms with Gasteiger partial charge in [-0.1, -0.05) is 18.2 Å².